The number of amides is 1. The van der Waals surface area contributed by atoms with Crippen LogP contribution in [0.2, 0.25) is 0 Å². The van der Waals surface area contributed by atoms with Crippen LogP contribution < -0.4 is 10.5 Å². The van der Waals surface area contributed by atoms with Crippen LogP contribution in [-0.4, -0.2) is 44.2 Å². The maximum atomic E-state index is 12.2. The molecule has 0 bridgehead atoms. The van der Waals surface area contributed by atoms with Gasteiger partial charge in [-0.25, -0.2) is 0 Å². The fraction of sp³-hybridized carbons (Fsp3) is 0.533. The van der Waals surface area contributed by atoms with Gasteiger partial charge in [-0.05, 0) is 30.5 Å². The lowest BCUT2D eigenvalue weighted by atomic mass is 10.0. The van der Waals surface area contributed by atoms with Gasteiger partial charge in [-0.2, -0.15) is 0 Å². The monoisotopic (exact) mass is 278 g/mol. The number of likely N-dealkylation sites (tertiary alicyclic amines) is 1. The quantitative estimate of drug-likeness (QED) is 0.797. The normalized spacial score (nSPS) is 18.3. The van der Waals surface area contributed by atoms with E-state index in [1.54, 1.807) is 7.11 Å². The van der Waals surface area contributed by atoms with Gasteiger partial charge >= 0.3 is 0 Å². The maximum absolute atomic E-state index is 12.2. The SMILES string of the molecule is COc1ccc(C2CCCN2C(=O)COCCN)cc1. The first-order chi connectivity index (χ1) is 9.76. The van der Waals surface area contributed by atoms with Crippen molar-refractivity contribution in [2.45, 2.75) is 18.9 Å². The van der Waals surface area contributed by atoms with Crippen molar-refractivity contribution in [2.75, 3.05) is 33.4 Å². The molecule has 1 aliphatic rings. The number of carbonyl (C=O) groups excluding carboxylic acids is 1. The average molecular weight is 278 g/mol. The minimum absolute atomic E-state index is 0.0387. The first kappa shape index (κ1) is 14.8. The van der Waals surface area contributed by atoms with E-state index in [0.29, 0.717) is 13.2 Å². The van der Waals surface area contributed by atoms with E-state index >= 15 is 0 Å². The van der Waals surface area contributed by atoms with Gasteiger partial charge in [0.2, 0.25) is 5.91 Å². The second-order valence-electron chi connectivity index (χ2n) is 4.86. The van der Waals surface area contributed by atoms with Crippen LogP contribution in [0.25, 0.3) is 0 Å². The molecule has 0 aliphatic carbocycles. The van der Waals surface area contributed by atoms with E-state index in [4.69, 9.17) is 15.2 Å². The van der Waals surface area contributed by atoms with Gasteiger partial charge in [-0.3, -0.25) is 4.79 Å². The number of hydrogen-bond acceptors (Lipinski definition) is 4. The minimum Gasteiger partial charge on any atom is -0.497 e. The molecule has 1 fully saturated rings. The van der Waals surface area contributed by atoms with Gasteiger partial charge in [0, 0.05) is 13.1 Å². The van der Waals surface area contributed by atoms with Crippen molar-refractivity contribution in [3.05, 3.63) is 29.8 Å². The number of nitrogens with two attached hydrogens (primary N) is 1. The van der Waals surface area contributed by atoms with Crippen LogP contribution in [0.1, 0.15) is 24.4 Å². The maximum Gasteiger partial charge on any atom is 0.249 e. The van der Waals surface area contributed by atoms with Gasteiger partial charge in [-0.15, -0.1) is 0 Å². The lowest BCUT2D eigenvalue weighted by Crippen LogP contribution is -2.34. The van der Waals surface area contributed by atoms with Crippen LogP contribution in [-0.2, 0) is 9.53 Å². The zero-order valence-electron chi connectivity index (χ0n) is 11.9. The van der Waals surface area contributed by atoms with E-state index in [1.165, 1.54) is 0 Å². The molecule has 2 rings (SSSR count). The van der Waals surface area contributed by atoms with E-state index in [2.05, 4.69) is 0 Å². The van der Waals surface area contributed by atoms with Crippen LogP contribution in [0.3, 0.4) is 0 Å². The summed E-state index contributed by atoms with van der Waals surface area (Å²) in [6, 6.07) is 8.06. The van der Waals surface area contributed by atoms with Gasteiger partial charge in [0.15, 0.2) is 0 Å². The van der Waals surface area contributed by atoms with Crippen molar-refractivity contribution in [2.24, 2.45) is 5.73 Å². The molecule has 1 aromatic rings. The molecular weight excluding hydrogens is 256 g/mol. The predicted octanol–water partition coefficient (Wildman–Crippen LogP) is 1.33. The van der Waals surface area contributed by atoms with Crippen LogP contribution in [0.15, 0.2) is 24.3 Å². The van der Waals surface area contributed by atoms with Crippen LogP contribution in [0.4, 0.5) is 0 Å². The first-order valence-electron chi connectivity index (χ1n) is 6.97. The third-order valence-electron chi connectivity index (χ3n) is 3.56. The Labute approximate surface area is 119 Å². The Bertz CT molecular complexity index is 433. The molecule has 5 heteroatoms. The second kappa shape index (κ2) is 7.26. The number of hydrogen-bond donors (Lipinski definition) is 1. The van der Waals surface area contributed by atoms with E-state index < -0.39 is 0 Å². The highest BCUT2D eigenvalue weighted by Gasteiger charge is 2.29. The van der Waals surface area contributed by atoms with Gasteiger partial charge in [0.1, 0.15) is 12.4 Å². The summed E-state index contributed by atoms with van der Waals surface area (Å²) >= 11 is 0. The van der Waals surface area contributed by atoms with Gasteiger partial charge in [-0.1, -0.05) is 12.1 Å². The smallest absolute Gasteiger partial charge is 0.249 e. The minimum atomic E-state index is 0.0387. The molecule has 0 radical (unpaired) electrons. The van der Waals surface area contributed by atoms with Crippen molar-refractivity contribution >= 4 is 5.91 Å². The molecule has 1 aliphatic heterocycles. The van der Waals surface area contributed by atoms with E-state index in [0.717, 1.165) is 30.7 Å². The summed E-state index contributed by atoms with van der Waals surface area (Å²) in [6.45, 7) is 1.77. The summed E-state index contributed by atoms with van der Waals surface area (Å²) in [5, 5.41) is 0. The molecular formula is C15H22N2O3. The predicted molar refractivity (Wildman–Crippen MR) is 76.6 cm³/mol. The standard InChI is InChI=1S/C15H22N2O3/c1-19-13-6-4-12(5-7-13)14-3-2-9-17(14)15(18)11-20-10-8-16/h4-7,14H,2-3,8-11,16H2,1H3. The van der Waals surface area contributed by atoms with Crippen LogP contribution in [0, 0.1) is 0 Å². The molecule has 20 heavy (non-hydrogen) atoms. The Kier molecular flexibility index (Phi) is 5.38. The summed E-state index contributed by atoms with van der Waals surface area (Å²) in [5.41, 5.74) is 6.50. The van der Waals surface area contributed by atoms with Crippen molar-refractivity contribution in [3.63, 3.8) is 0 Å². The largest absolute Gasteiger partial charge is 0.497 e. The fourth-order valence-corrected chi connectivity index (χ4v) is 2.56. The molecule has 2 N–H and O–H groups in total. The topological polar surface area (TPSA) is 64.8 Å². The zero-order chi connectivity index (χ0) is 14.4. The highest BCUT2D eigenvalue weighted by atomic mass is 16.5. The lowest BCUT2D eigenvalue weighted by Gasteiger charge is -2.25. The van der Waals surface area contributed by atoms with Crippen molar-refractivity contribution < 1.29 is 14.3 Å². The average Bonchev–Trinajstić information content (AvgIpc) is 2.97. The Morgan fingerprint density at radius 2 is 2.15 bits per heavy atom. The van der Waals surface area contributed by atoms with Crippen molar-refractivity contribution in [1.29, 1.82) is 0 Å². The molecule has 1 atom stereocenters. The summed E-state index contributed by atoms with van der Waals surface area (Å²) < 4.78 is 10.4. The lowest BCUT2D eigenvalue weighted by molar-refractivity contribution is -0.137. The van der Waals surface area contributed by atoms with E-state index in [1.807, 2.05) is 29.2 Å². The molecule has 1 saturated heterocycles. The fourth-order valence-electron chi connectivity index (χ4n) is 2.56. The number of rotatable bonds is 6. The van der Waals surface area contributed by atoms with Gasteiger partial charge in [0.25, 0.3) is 0 Å². The molecule has 0 aromatic heterocycles. The molecule has 110 valence electrons. The Balaban J connectivity index is 2.00. The second-order valence-corrected chi connectivity index (χ2v) is 4.86. The third-order valence-corrected chi connectivity index (χ3v) is 3.56. The Morgan fingerprint density at radius 3 is 2.80 bits per heavy atom. The molecule has 1 heterocycles. The number of nitrogens with zero attached hydrogens (tertiary/aromatic N) is 1. The number of ether oxygens (including phenoxy) is 2. The van der Waals surface area contributed by atoms with Crippen LogP contribution >= 0.6 is 0 Å². The molecule has 1 aromatic carbocycles. The van der Waals surface area contributed by atoms with Crippen molar-refractivity contribution in [1.82, 2.24) is 4.90 Å². The number of carbonyl (C=O) groups is 1. The van der Waals surface area contributed by atoms with E-state index in [-0.39, 0.29) is 18.6 Å². The number of benzene rings is 1. The molecule has 0 spiro atoms. The summed E-state index contributed by atoms with van der Waals surface area (Å²) in [4.78, 5) is 14.1. The molecule has 1 unspecified atom stereocenters. The summed E-state index contributed by atoms with van der Waals surface area (Å²) in [7, 11) is 1.65. The molecule has 5 nitrogen and oxygen atoms in total. The van der Waals surface area contributed by atoms with Gasteiger partial charge in [0.05, 0.1) is 19.8 Å². The molecule has 0 saturated carbocycles. The summed E-state index contributed by atoms with van der Waals surface area (Å²) in [5.74, 6) is 0.868. The first-order valence-corrected chi connectivity index (χ1v) is 6.97. The van der Waals surface area contributed by atoms with Gasteiger partial charge < -0.3 is 20.1 Å². The van der Waals surface area contributed by atoms with Crippen molar-refractivity contribution in [3.8, 4) is 5.75 Å². The Morgan fingerprint density at radius 1 is 1.40 bits per heavy atom. The zero-order valence-corrected chi connectivity index (χ0v) is 11.9. The molecule has 1 amide bonds. The highest BCUT2D eigenvalue weighted by Crippen LogP contribution is 2.32. The summed E-state index contributed by atoms with van der Waals surface area (Å²) in [6.07, 6.45) is 2.02. The van der Waals surface area contributed by atoms with E-state index in [9.17, 15) is 4.79 Å². The van der Waals surface area contributed by atoms with Crippen LogP contribution in [0.5, 0.6) is 5.75 Å². The third kappa shape index (κ3) is 3.49. The number of methoxy groups -OCH3 is 1. The Hall–Kier alpha value is -1.59. The highest BCUT2D eigenvalue weighted by molar-refractivity contribution is 5.78.